The highest BCUT2D eigenvalue weighted by Crippen LogP contribution is 2.10. The van der Waals surface area contributed by atoms with Crippen molar-refractivity contribution in [3.05, 3.63) is 0 Å². The summed E-state index contributed by atoms with van der Waals surface area (Å²) in [6, 6.07) is -1.20. The first-order valence-corrected chi connectivity index (χ1v) is 6.28. The largest absolute Gasteiger partial charge is 0.480 e. The van der Waals surface area contributed by atoms with Crippen LogP contribution in [0, 0.1) is 11.8 Å². The van der Waals surface area contributed by atoms with Crippen molar-refractivity contribution in [3.63, 3.8) is 0 Å². The van der Waals surface area contributed by atoms with Crippen LogP contribution in [0.15, 0.2) is 0 Å². The molecule has 6 heteroatoms. The van der Waals surface area contributed by atoms with E-state index in [-0.39, 0.29) is 12.6 Å². The molecule has 2 unspecified atom stereocenters. The first-order valence-electron chi connectivity index (χ1n) is 6.28. The highest BCUT2D eigenvalue weighted by atomic mass is 16.5. The van der Waals surface area contributed by atoms with E-state index in [1.54, 1.807) is 0 Å². The lowest BCUT2D eigenvalue weighted by Crippen LogP contribution is -2.56. The van der Waals surface area contributed by atoms with Crippen molar-refractivity contribution >= 4 is 12.0 Å². The Bertz CT molecular complexity index is 306. The van der Waals surface area contributed by atoms with Crippen LogP contribution < -0.4 is 5.32 Å². The Hall–Kier alpha value is -1.30. The van der Waals surface area contributed by atoms with Gasteiger partial charge < -0.3 is 20.1 Å². The normalized spacial score (nSPS) is 21.8. The minimum Gasteiger partial charge on any atom is -0.480 e. The maximum Gasteiger partial charge on any atom is 0.328 e. The molecule has 0 radical (unpaired) electrons. The molecule has 0 aromatic heterocycles. The molecule has 2 N–H and O–H groups in total. The van der Waals surface area contributed by atoms with Gasteiger partial charge in [0.25, 0.3) is 0 Å². The Balaban J connectivity index is 2.51. The van der Waals surface area contributed by atoms with Crippen molar-refractivity contribution < 1.29 is 19.4 Å². The second-order valence-electron chi connectivity index (χ2n) is 5.03. The minimum absolute atomic E-state index is 0.0580. The summed E-state index contributed by atoms with van der Waals surface area (Å²) in [6.45, 7) is 7.55. The van der Waals surface area contributed by atoms with Crippen LogP contribution in [0.4, 0.5) is 4.79 Å². The van der Waals surface area contributed by atoms with Crippen LogP contribution in [-0.4, -0.2) is 54.4 Å². The number of morpholine rings is 1. The van der Waals surface area contributed by atoms with Gasteiger partial charge in [0, 0.05) is 13.1 Å². The zero-order valence-electron chi connectivity index (χ0n) is 11.2. The number of aliphatic carboxylic acids is 1. The van der Waals surface area contributed by atoms with E-state index in [9.17, 15) is 9.59 Å². The van der Waals surface area contributed by atoms with Crippen LogP contribution in [0.25, 0.3) is 0 Å². The first-order chi connectivity index (χ1) is 8.43. The second kappa shape index (κ2) is 6.58. The molecule has 6 nitrogen and oxygen atoms in total. The Kier molecular flexibility index (Phi) is 5.40. The molecule has 0 saturated carbocycles. The van der Waals surface area contributed by atoms with Gasteiger partial charge >= 0.3 is 12.0 Å². The summed E-state index contributed by atoms with van der Waals surface area (Å²) in [4.78, 5) is 24.3. The third kappa shape index (κ3) is 3.87. The molecule has 0 aromatic carbocycles. The molecular formula is C12H22N2O4. The number of hydrogen-bond acceptors (Lipinski definition) is 3. The highest BCUT2D eigenvalue weighted by molar-refractivity contribution is 5.83. The Morgan fingerprint density at radius 3 is 2.67 bits per heavy atom. The molecule has 1 aliphatic rings. The van der Waals surface area contributed by atoms with Gasteiger partial charge in [0.05, 0.1) is 13.2 Å². The number of ether oxygens (including phenoxy) is 1. The van der Waals surface area contributed by atoms with Crippen molar-refractivity contribution in [2.24, 2.45) is 11.8 Å². The molecule has 104 valence electrons. The van der Waals surface area contributed by atoms with Gasteiger partial charge in [-0.1, -0.05) is 20.8 Å². The second-order valence-corrected chi connectivity index (χ2v) is 5.03. The fraction of sp³-hybridized carbons (Fsp3) is 0.833. The van der Waals surface area contributed by atoms with Gasteiger partial charge in [-0.3, -0.25) is 0 Å². The maximum atomic E-state index is 11.9. The highest BCUT2D eigenvalue weighted by Gasteiger charge is 2.32. The summed E-state index contributed by atoms with van der Waals surface area (Å²) >= 11 is 0. The lowest BCUT2D eigenvalue weighted by atomic mass is 9.98. The predicted octanol–water partition coefficient (Wildman–Crippen LogP) is 0.773. The molecule has 0 spiro atoms. The molecule has 0 bridgehead atoms. The van der Waals surface area contributed by atoms with Crippen LogP contribution in [0.2, 0.25) is 0 Å². The number of nitrogens with zero attached hydrogens (tertiary/aromatic N) is 1. The van der Waals surface area contributed by atoms with Crippen LogP contribution >= 0.6 is 0 Å². The van der Waals surface area contributed by atoms with Gasteiger partial charge in [0.15, 0.2) is 6.04 Å². The Labute approximate surface area is 107 Å². The van der Waals surface area contributed by atoms with E-state index in [0.717, 1.165) is 0 Å². The number of carbonyl (C=O) groups is 2. The number of carboxylic acid groups (broad SMARTS) is 1. The minimum atomic E-state index is -1.03. The topological polar surface area (TPSA) is 78.9 Å². The molecule has 1 saturated heterocycles. The van der Waals surface area contributed by atoms with Crippen LogP contribution in [-0.2, 0) is 9.53 Å². The van der Waals surface area contributed by atoms with E-state index < -0.39 is 12.0 Å². The predicted molar refractivity (Wildman–Crippen MR) is 66.3 cm³/mol. The monoisotopic (exact) mass is 258 g/mol. The number of rotatable bonds is 4. The first kappa shape index (κ1) is 14.8. The van der Waals surface area contributed by atoms with E-state index in [4.69, 9.17) is 9.84 Å². The van der Waals surface area contributed by atoms with Crippen molar-refractivity contribution in [1.29, 1.82) is 0 Å². The molecule has 1 aliphatic heterocycles. The molecule has 2 amide bonds. The fourth-order valence-corrected chi connectivity index (χ4v) is 1.64. The zero-order chi connectivity index (χ0) is 13.7. The molecule has 18 heavy (non-hydrogen) atoms. The summed E-state index contributed by atoms with van der Waals surface area (Å²) in [5.41, 5.74) is 0. The molecule has 0 aromatic rings. The van der Waals surface area contributed by atoms with Crippen molar-refractivity contribution in [2.75, 3.05) is 26.3 Å². The van der Waals surface area contributed by atoms with E-state index in [0.29, 0.717) is 31.5 Å². The lowest BCUT2D eigenvalue weighted by Gasteiger charge is -2.33. The number of carbonyl (C=O) groups excluding carboxylic acids is 1. The summed E-state index contributed by atoms with van der Waals surface area (Å²) in [5.74, 6) is -0.190. The van der Waals surface area contributed by atoms with Gasteiger partial charge in [0.2, 0.25) is 0 Å². The average molecular weight is 258 g/mol. The number of urea groups is 1. The Morgan fingerprint density at radius 1 is 1.44 bits per heavy atom. The van der Waals surface area contributed by atoms with Crippen LogP contribution in [0.3, 0.4) is 0 Å². The van der Waals surface area contributed by atoms with Crippen molar-refractivity contribution in [3.8, 4) is 0 Å². The quantitative estimate of drug-likeness (QED) is 0.780. The molecule has 1 heterocycles. The van der Waals surface area contributed by atoms with E-state index in [1.807, 2.05) is 0 Å². The smallest absolute Gasteiger partial charge is 0.328 e. The SMILES string of the molecule is CC(C)C(C)CNC(=O)N1CCOCC1C(=O)O. The van der Waals surface area contributed by atoms with Gasteiger partial charge in [-0.2, -0.15) is 0 Å². The standard InChI is InChI=1S/C12H22N2O4/c1-8(2)9(3)6-13-12(17)14-4-5-18-7-10(14)11(15)16/h8-10H,4-7H2,1-3H3,(H,13,17)(H,15,16). The fourth-order valence-electron chi connectivity index (χ4n) is 1.64. The maximum absolute atomic E-state index is 11.9. The summed E-state index contributed by atoms with van der Waals surface area (Å²) in [6.07, 6.45) is 0. The van der Waals surface area contributed by atoms with Gasteiger partial charge in [0.1, 0.15) is 0 Å². The summed E-state index contributed by atoms with van der Waals surface area (Å²) in [5, 5.41) is 11.8. The lowest BCUT2D eigenvalue weighted by molar-refractivity contribution is -0.147. The van der Waals surface area contributed by atoms with Crippen LogP contribution in [0.5, 0.6) is 0 Å². The molecule has 1 fully saturated rings. The molecule has 0 aliphatic carbocycles. The molecular weight excluding hydrogens is 236 g/mol. The zero-order valence-corrected chi connectivity index (χ0v) is 11.2. The number of carboxylic acids is 1. The molecule has 2 atom stereocenters. The van der Waals surface area contributed by atoms with E-state index in [1.165, 1.54) is 4.90 Å². The molecule has 1 rings (SSSR count). The number of hydrogen-bond donors (Lipinski definition) is 2. The van der Waals surface area contributed by atoms with Crippen molar-refractivity contribution in [2.45, 2.75) is 26.8 Å². The van der Waals surface area contributed by atoms with Gasteiger partial charge in [-0.15, -0.1) is 0 Å². The Morgan fingerprint density at radius 2 is 2.11 bits per heavy atom. The third-order valence-corrected chi connectivity index (χ3v) is 3.39. The summed E-state index contributed by atoms with van der Waals surface area (Å²) < 4.78 is 5.09. The summed E-state index contributed by atoms with van der Waals surface area (Å²) in [7, 11) is 0. The van der Waals surface area contributed by atoms with E-state index in [2.05, 4.69) is 26.1 Å². The van der Waals surface area contributed by atoms with E-state index >= 15 is 0 Å². The van der Waals surface area contributed by atoms with Gasteiger partial charge in [-0.25, -0.2) is 9.59 Å². The van der Waals surface area contributed by atoms with Gasteiger partial charge in [-0.05, 0) is 11.8 Å². The number of amides is 2. The number of nitrogens with one attached hydrogen (secondary N) is 1. The van der Waals surface area contributed by atoms with Crippen molar-refractivity contribution in [1.82, 2.24) is 10.2 Å². The average Bonchev–Trinajstić information content (AvgIpc) is 2.35. The third-order valence-electron chi connectivity index (χ3n) is 3.39. The van der Waals surface area contributed by atoms with Crippen LogP contribution in [0.1, 0.15) is 20.8 Å².